The number of non-ortho nitro benzene ring substituents is 1. The summed E-state index contributed by atoms with van der Waals surface area (Å²) in [6.45, 7) is 0. The molecule has 10 heteroatoms. The topological polar surface area (TPSA) is 86.5 Å². The Bertz CT molecular complexity index is 897. The number of nitrogens with zero attached hydrogens (tertiary/aromatic N) is 1. The Morgan fingerprint density at radius 2 is 1.65 bits per heavy atom. The van der Waals surface area contributed by atoms with Crippen LogP contribution in [0.1, 0.15) is 12.8 Å². The molecular formula is C16H14F3NO5S. The maximum absolute atomic E-state index is 12.1. The van der Waals surface area contributed by atoms with Gasteiger partial charge in [0.2, 0.25) is 0 Å². The maximum atomic E-state index is 12.1. The summed E-state index contributed by atoms with van der Waals surface area (Å²) in [5.41, 5.74) is 0.810. The van der Waals surface area contributed by atoms with Crippen molar-refractivity contribution in [3.05, 3.63) is 58.6 Å². The van der Waals surface area contributed by atoms with Gasteiger partial charge in [-0.2, -0.15) is 21.6 Å². The Hall–Kier alpha value is -2.62. The molecule has 0 aromatic heterocycles. The minimum atomic E-state index is -4.43. The van der Waals surface area contributed by atoms with Crippen molar-refractivity contribution in [2.75, 3.05) is 5.75 Å². The Labute approximate surface area is 147 Å². The second-order valence-corrected chi connectivity index (χ2v) is 7.09. The van der Waals surface area contributed by atoms with E-state index in [1.165, 1.54) is 36.4 Å². The molecule has 0 aliphatic carbocycles. The van der Waals surface area contributed by atoms with E-state index < -0.39 is 39.8 Å². The van der Waals surface area contributed by atoms with Gasteiger partial charge in [-0.15, -0.1) is 0 Å². The fraction of sp³-hybridized carbons (Fsp3) is 0.250. The van der Waals surface area contributed by atoms with Crippen LogP contribution in [0.15, 0.2) is 48.5 Å². The summed E-state index contributed by atoms with van der Waals surface area (Å²) in [5.74, 6) is -0.853. The summed E-state index contributed by atoms with van der Waals surface area (Å²) in [7, 11) is -4.19. The molecule has 26 heavy (non-hydrogen) atoms. The van der Waals surface area contributed by atoms with Crippen molar-refractivity contribution < 1.29 is 30.7 Å². The van der Waals surface area contributed by atoms with Crippen molar-refractivity contribution in [1.29, 1.82) is 0 Å². The minimum Gasteiger partial charge on any atom is -0.382 e. The van der Waals surface area contributed by atoms with E-state index in [1.54, 1.807) is 12.1 Å². The van der Waals surface area contributed by atoms with E-state index >= 15 is 0 Å². The molecule has 0 heterocycles. The molecule has 0 saturated carbocycles. The molecule has 6 nitrogen and oxygen atoms in total. The van der Waals surface area contributed by atoms with Crippen LogP contribution >= 0.6 is 0 Å². The molecule has 140 valence electrons. The fourth-order valence-electron chi connectivity index (χ4n) is 2.16. The van der Waals surface area contributed by atoms with E-state index in [2.05, 4.69) is 0 Å². The van der Waals surface area contributed by atoms with E-state index in [1.807, 2.05) is 0 Å². The summed E-state index contributed by atoms with van der Waals surface area (Å²) in [5, 5.41) is 10.8. The van der Waals surface area contributed by atoms with Crippen LogP contribution in [-0.4, -0.2) is 25.3 Å². The van der Waals surface area contributed by atoms with Gasteiger partial charge >= 0.3 is 16.3 Å². The molecule has 0 aliphatic heterocycles. The van der Waals surface area contributed by atoms with E-state index in [0.29, 0.717) is 11.1 Å². The van der Waals surface area contributed by atoms with Crippen LogP contribution in [0.2, 0.25) is 0 Å². The monoisotopic (exact) mass is 389 g/mol. The van der Waals surface area contributed by atoms with Gasteiger partial charge in [0.05, 0.1) is 10.7 Å². The largest absolute Gasteiger partial charge is 0.389 e. The number of hydrogen-bond acceptors (Lipinski definition) is 5. The summed E-state index contributed by atoms with van der Waals surface area (Å²) < 4.78 is 64.7. The van der Waals surface area contributed by atoms with E-state index in [4.69, 9.17) is 4.18 Å². The third kappa shape index (κ3) is 6.03. The molecule has 0 atom stereocenters. The molecule has 2 aromatic carbocycles. The number of alkyl halides is 3. The standard InChI is InChI=1S/C16H14F3NO5S/c17-16(18,19)8-3-9-26(23,24)25-15-7-2-5-13(11-15)12-4-1-6-14(10-12)20(21)22/h1-2,4-7,10-11H,3,8-9H2. The number of benzene rings is 2. The van der Waals surface area contributed by atoms with Crippen molar-refractivity contribution >= 4 is 15.8 Å². The van der Waals surface area contributed by atoms with Crippen molar-refractivity contribution in [3.63, 3.8) is 0 Å². The van der Waals surface area contributed by atoms with Crippen LogP contribution in [0.3, 0.4) is 0 Å². The summed E-state index contributed by atoms with van der Waals surface area (Å²) in [4.78, 5) is 10.3. The van der Waals surface area contributed by atoms with Crippen molar-refractivity contribution in [2.24, 2.45) is 0 Å². The number of nitro groups is 1. The summed E-state index contributed by atoms with van der Waals surface area (Å²) in [6.07, 6.45) is -6.25. The first kappa shape index (κ1) is 19.7. The first-order valence-corrected chi connectivity index (χ1v) is 8.97. The van der Waals surface area contributed by atoms with Gasteiger partial charge in [-0.1, -0.05) is 24.3 Å². The highest BCUT2D eigenvalue weighted by atomic mass is 32.2. The average Bonchev–Trinajstić information content (AvgIpc) is 2.53. The molecule has 0 bridgehead atoms. The highest BCUT2D eigenvalue weighted by Gasteiger charge is 2.27. The fourth-order valence-corrected chi connectivity index (χ4v) is 3.14. The molecule has 0 N–H and O–H groups in total. The third-order valence-corrected chi connectivity index (χ3v) is 4.54. The zero-order valence-corrected chi connectivity index (χ0v) is 14.1. The van der Waals surface area contributed by atoms with Gasteiger partial charge < -0.3 is 4.18 Å². The van der Waals surface area contributed by atoms with E-state index in [-0.39, 0.29) is 11.4 Å². The zero-order chi connectivity index (χ0) is 19.4. The lowest BCUT2D eigenvalue weighted by Gasteiger charge is -2.09. The molecule has 0 spiro atoms. The Morgan fingerprint density at radius 3 is 2.27 bits per heavy atom. The van der Waals surface area contributed by atoms with Crippen LogP contribution in [0, 0.1) is 10.1 Å². The highest BCUT2D eigenvalue weighted by Crippen LogP contribution is 2.28. The predicted octanol–water partition coefficient (Wildman–Crippen LogP) is 4.31. The summed E-state index contributed by atoms with van der Waals surface area (Å²) >= 11 is 0. The smallest absolute Gasteiger partial charge is 0.382 e. The Balaban J connectivity index is 2.14. The van der Waals surface area contributed by atoms with E-state index in [0.717, 1.165) is 0 Å². The van der Waals surface area contributed by atoms with Gasteiger partial charge in [-0.25, -0.2) is 0 Å². The van der Waals surface area contributed by atoms with Crippen LogP contribution in [0.5, 0.6) is 5.75 Å². The maximum Gasteiger partial charge on any atom is 0.389 e. The quantitative estimate of drug-likeness (QED) is 0.400. The molecule has 0 amide bonds. The number of rotatable bonds is 7. The number of hydrogen-bond donors (Lipinski definition) is 0. The molecule has 0 radical (unpaired) electrons. The first-order valence-electron chi connectivity index (χ1n) is 7.39. The predicted molar refractivity (Wildman–Crippen MR) is 88.2 cm³/mol. The molecule has 2 rings (SSSR count). The van der Waals surface area contributed by atoms with Crippen LogP contribution in [-0.2, 0) is 10.1 Å². The molecule has 0 unspecified atom stereocenters. The second kappa shape index (κ2) is 7.73. The van der Waals surface area contributed by atoms with E-state index in [9.17, 15) is 31.7 Å². The van der Waals surface area contributed by atoms with Gasteiger partial charge in [0.25, 0.3) is 5.69 Å². The van der Waals surface area contributed by atoms with Gasteiger partial charge in [-0.3, -0.25) is 10.1 Å². The zero-order valence-electron chi connectivity index (χ0n) is 13.3. The van der Waals surface area contributed by atoms with Gasteiger partial charge in [0, 0.05) is 18.6 Å². The summed E-state index contributed by atoms with van der Waals surface area (Å²) in [6, 6.07) is 11.5. The molecule has 0 saturated heterocycles. The molecule has 0 fully saturated rings. The lowest BCUT2D eigenvalue weighted by atomic mass is 10.1. The van der Waals surface area contributed by atoms with Crippen molar-refractivity contribution in [3.8, 4) is 16.9 Å². The minimum absolute atomic E-state index is 0.0824. The van der Waals surface area contributed by atoms with Crippen LogP contribution in [0.25, 0.3) is 11.1 Å². The normalized spacial score (nSPS) is 12.0. The number of nitro benzene ring substituents is 1. The Morgan fingerprint density at radius 1 is 1.04 bits per heavy atom. The number of halogens is 3. The third-order valence-electron chi connectivity index (χ3n) is 3.30. The molecule has 2 aromatic rings. The highest BCUT2D eigenvalue weighted by molar-refractivity contribution is 7.87. The lowest BCUT2D eigenvalue weighted by molar-refractivity contribution is -0.384. The van der Waals surface area contributed by atoms with Crippen LogP contribution < -0.4 is 4.18 Å². The molecule has 0 aliphatic rings. The van der Waals surface area contributed by atoms with Crippen molar-refractivity contribution in [1.82, 2.24) is 0 Å². The lowest BCUT2D eigenvalue weighted by Crippen LogP contribution is -2.16. The molecular weight excluding hydrogens is 375 g/mol. The first-order chi connectivity index (χ1) is 12.1. The van der Waals surface area contributed by atoms with Gasteiger partial charge in [0.1, 0.15) is 5.75 Å². The average molecular weight is 389 g/mol. The van der Waals surface area contributed by atoms with Crippen LogP contribution in [0.4, 0.5) is 18.9 Å². The van der Waals surface area contributed by atoms with Gasteiger partial charge in [-0.05, 0) is 29.7 Å². The van der Waals surface area contributed by atoms with Gasteiger partial charge in [0.15, 0.2) is 0 Å². The second-order valence-electron chi connectivity index (χ2n) is 5.40. The Kier molecular flexibility index (Phi) is 5.86. The van der Waals surface area contributed by atoms with Crippen molar-refractivity contribution in [2.45, 2.75) is 19.0 Å². The SMILES string of the molecule is O=[N+]([O-])c1cccc(-c2cccc(OS(=O)(=O)CCCC(F)(F)F)c2)c1.